The van der Waals surface area contributed by atoms with Gasteiger partial charge in [0.25, 0.3) is 5.56 Å². The zero-order chi connectivity index (χ0) is 25.1. The summed E-state index contributed by atoms with van der Waals surface area (Å²) in [6.45, 7) is 5.75. The number of aromatic nitrogens is 2. The molecule has 1 unspecified atom stereocenters. The lowest BCUT2D eigenvalue weighted by Gasteiger charge is -2.34. The smallest absolute Gasteiger partial charge is 0.259 e. The zero-order valence-corrected chi connectivity index (χ0v) is 21.2. The number of nitrogens with zero attached hydrogens (tertiary/aromatic N) is 3. The van der Waals surface area contributed by atoms with E-state index in [2.05, 4.69) is 55.1 Å². The standard InChI is InChI=1S/C31H33N3O2/c1-4-29-32-28-19-20-33(22(2)23-15-17-26(36-3)18-16-23)21-27(28)31(35)34(29)30(24-11-7-5-8-12-24)25-13-9-6-10-14-25/h5-18,22,30H,4,19-21H2,1-3H3. The van der Waals surface area contributed by atoms with Gasteiger partial charge in [-0.1, -0.05) is 79.7 Å². The van der Waals surface area contributed by atoms with Crippen LogP contribution in [0.1, 0.15) is 59.7 Å². The minimum Gasteiger partial charge on any atom is -0.497 e. The summed E-state index contributed by atoms with van der Waals surface area (Å²) < 4.78 is 7.26. The molecule has 36 heavy (non-hydrogen) atoms. The van der Waals surface area contributed by atoms with Crippen LogP contribution in [0, 0.1) is 0 Å². The maximum atomic E-state index is 14.2. The summed E-state index contributed by atoms with van der Waals surface area (Å²) in [4.78, 5) is 21.7. The van der Waals surface area contributed by atoms with Crippen molar-refractivity contribution >= 4 is 0 Å². The van der Waals surface area contributed by atoms with Crippen LogP contribution in [-0.4, -0.2) is 28.1 Å². The number of hydrogen-bond donors (Lipinski definition) is 0. The molecule has 0 saturated heterocycles. The van der Waals surface area contributed by atoms with E-state index >= 15 is 0 Å². The van der Waals surface area contributed by atoms with Gasteiger partial charge in [-0.3, -0.25) is 14.3 Å². The number of benzene rings is 3. The van der Waals surface area contributed by atoms with E-state index in [-0.39, 0.29) is 17.6 Å². The Morgan fingerprint density at radius 2 is 1.50 bits per heavy atom. The first-order valence-electron chi connectivity index (χ1n) is 12.7. The van der Waals surface area contributed by atoms with E-state index in [0.29, 0.717) is 13.0 Å². The summed E-state index contributed by atoms with van der Waals surface area (Å²) >= 11 is 0. The first-order valence-corrected chi connectivity index (χ1v) is 12.7. The molecule has 1 aliphatic heterocycles. The van der Waals surface area contributed by atoms with E-state index in [1.807, 2.05) is 53.1 Å². The van der Waals surface area contributed by atoms with Crippen LogP contribution in [0.5, 0.6) is 5.75 Å². The second-order valence-electron chi connectivity index (χ2n) is 9.38. The van der Waals surface area contributed by atoms with E-state index in [0.717, 1.165) is 46.9 Å². The van der Waals surface area contributed by atoms with E-state index < -0.39 is 0 Å². The molecule has 0 radical (unpaired) electrons. The van der Waals surface area contributed by atoms with Gasteiger partial charge in [-0.2, -0.15) is 0 Å². The molecule has 1 atom stereocenters. The van der Waals surface area contributed by atoms with Crippen molar-refractivity contribution in [2.24, 2.45) is 0 Å². The number of hydrogen-bond acceptors (Lipinski definition) is 4. The minimum absolute atomic E-state index is 0.0705. The molecule has 0 amide bonds. The molecule has 0 N–H and O–H groups in total. The van der Waals surface area contributed by atoms with E-state index in [9.17, 15) is 4.79 Å². The second kappa shape index (κ2) is 10.5. The lowest BCUT2D eigenvalue weighted by Crippen LogP contribution is -2.41. The predicted molar refractivity (Wildman–Crippen MR) is 144 cm³/mol. The van der Waals surface area contributed by atoms with E-state index in [4.69, 9.17) is 9.72 Å². The van der Waals surface area contributed by atoms with E-state index in [1.54, 1.807) is 7.11 Å². The van der Waals surface area contributed by atoms with Crippen molar-refractivity contribution in [3.05, 3.63) is 129 Å². The second-order valence-corrected chi connectivity index (χ2v) is 9.38. The van der Waals surface area contributed by atoms with Crippen LogP contribution in [0.25, 0.3) is 0 Å². The van der Waals surface area contributed by atoms with Gasteiger partial charge < -0.3 is 4.74 Å². The maximum Gasteiger partial charge on any atom is 0.259 e. The molecule has 0 fully saturated rings. The molecule has 5 nitrogen and oxygen atoms in total. The molecule has 0 aliphatic carbocycles. The minimum atomic E-state index is -0.220. The van der Waals surface area contributed by atoms with Crippen molar-refractivity contribution in [1.82, 2.24) is 14.5 Å². The van der Waals surface area contributed by atoms with Gasteiger partial charge in [0.1, 0.15) is 11.6 Å². The molecule has 0 spiro atoms. The van der Waals surface area contributed by atoms with Crippen LogP contribution in [0.3, 0.4) is 0 Å². The van der Waals surface area contributed by atoms with Crippen LogP contribution in [-0.2, 0) is 19.4 Å². The highest BCUT2D eigenvalue weighted by atomic mass is 16.5. The fraction of sp³-hybridized carbons (Fsp3) is 0.290. The fourth-order valence-corrected chi connectivity index (χ4v) is 5.26. The Kier molecular flexibility index (Phi) is 7.01. The summed E-state index contributed by atoms with van der Waals surface area (Å²) in [5.41, 5.74) is 5.22. The third-order valence-corrected chi connectivity index (χ3v) is 7.32. The van der Waals surface area contributed by atoms with Gasteiger partial charge in [0.05, 0.1) is 24.4 Å². The molecule has 4 aromatic rings. The maximum absolute atomic E-state index is 14.2. The highest BCUT2D eigenvalue weighted by Crippen LogP contribution is 2.30. The van der Waals surface area contributed by atoms with Crippen LogP contribution >= 0.6 is 0 Å². The van der Waals surface area contributed by atoms with Gasteiger partial charge in [-0.25, -0.2) is 4.98 Å². The number of rotatable bonds is 7. The molecule has 3 aromatic carbocycles. The molecule has 0 bridgehead atoms. The summed E-state index contributed by atoms with van der Waals surface area (Å²) in [5.74, 6) is 1.69. The summed E-state index contributed by atoms with van der Waals surface area (Å²) in [6.07, 6.45) is 1.48. The highest BCUT2D eigenvalue weighted by Gasteiger charge is 2.29. The molecule has 2 heterocycles. The predicted octanol–water partition coefficient (Wildman–Crippen LogP) is 5.57. The Hall–Kier alpha value is -3.70. The van der Waals surface area contributed by atoms with Gasteiger partial charge in [-0.05, 0) is 35.7 Å². The van der Waals surface area contributed by atoms with Crippen LogP contribution in [0.4, 0.5) is 0 Å². The molecule has 5 rings (SSSR count). The zero-order valence-electron chi connectivity index (χ0n) is 21.2. The Balaban J connectivity index is 1.57. The monoisotopic (exact) mass is 479 g/mol. The van der Waals surface area contributed by atoms with Crippen molar-refractivity contribution in [3.63, 3.8) is 0 Å². The summed E-state index contributed by atoms with van der Waals surface area (Å²) in [6, 6.07) is 28.7. The summed E-state index contributed by atoms with van der Waals surface area (Å²) in [7, 11) is 1.68. The highest BCUT2D eigenvalue weighted by molar-refractivity contribution is 5.35. The third kappa shape index (κ3) is 4.59. The first-order chi connectivity index (χ1) is 17.6. The quantitative estimate of drug-likeness (QED) is 0.348. The van der Waals surface area contributed by atoms with Crippen molar-refractivity contribution in [3.8, 4) is 5.75 Å². The van der Waals surface area contributed by atoms with Crippen molar-refractivity contribution in [1.29, 1.82) is 0 Å². The van der Waals surface area contributed by atoms with Gasteiger partial charge in [0, 0.05) is 32.0 Å². The molecule has 5 heteroatoms. The van der Waals surface area contributed by atoms with Gasteiger partial charge in [0.2, 0.25) is 0 Å². The lowest BCUT2D eigenvalue weighted by molar-refractivity contribution is 0.188. The topological polar surface area (TPSA) is 47.4 Å². The molecule has 1 aromatic heterocycles. The average Bonchev–Trinajstić information content (AvgIpc) is 2.95. The Morgan fingerprint density at radius 3 is 2.06 bits per heavy atom. The van der Waals surface area contributed by atoms with Crippen molar-refractivity contribution in [2.45, 2.75) is 45.3 Å². The number of ether oxygens (including phenoxy) is 1. The summed E-state index contributed by atoms with van der Waals surface area (Å²) in [5, 5.41) is 0. The average molecular weight is 480 g/mol. The van der Waals surface area contributed by atoms with Crippen molar-refractivity contribution < 1.29 is 4.74 Å². The molecular weight excluding hydrogens is 446 g/mol. The fourth-order valence-electron chi connectivity index (χ4n) is 5.26. The largest absolute Gasteiger partial charge is 0.497 e. The van der Waals surface area contributed by atoms with E-state index in [1.165, 1.54) is 5.56 Å². The molecular formula is C31H33N3O2. The SMILES string of the molecule is CCc1nc2c(c(=O)n1C(c1ccccc1)c1ccccc1)CN(C(C)c1ccc(OC)cc1)CC2. The number of aryl methyl sites for hydroxylation is 1. The first kappa shape index (κ1) is 24.0. The molecule has 1 aliphatic rings. The van der Waals surface area contributed by atoms with Crippen LogP contribution in [0.15, 0.2) is 89.7 Å². The van der Waals surface area contributed by atoms with Crippen LogP contribution < -0.4 is 10.3 Å². The van der Waals surface area contributed by atoms with Crippen molar-refractivity contribution in [2.75, 3.05) is 13.7 Å². The van der Waals surface area contributed by atoms with Crippen LogP contribution in [0.2, 0.25) is 0 Å². The van der Waals surface area contributed by atoms with Gasteiger partial charge in [0.15, 0.2) is 0 Å². The van der Waals surface area contributed by atoms with Gasteiger partial charge >= 0.3 is 0 Å². The molecule has 184 valence electrons. The normalized spacial score (nSPS) is 14.4. The molecule has 0 saturated carbocycles. The number of fused-ring (bicyclic) bond motifs is 1. The Bertz CT molecular complexity index is 1330. The third-order valence-electron chi connectivity index (χ3n) is 7.32. The Morgan fingerprint density at radius 1 is 0.889 bits per heavy atom. The lowest BCUT2D eigenvalue weighted by atomic mass is 9.96. The number of methoxy groups -OCH3 is 1. The van der Waals surface area contributed by atoms with Gasteiger partial charge in [-0.15, -0.1) is 0 Å². The Labute approximate surface area is 213 Å².